The molecule has 0 unspecified atom stereocenters. The van der Waals surface area contributed by atoms with Gasteiger partial charge in [-0.25, -0.2) is 4.79 Å². The van der Waals surface area contributed by atoms with Crippen LogP contribution in [0.15, 0.2) is 39.9 Å². The number of nitrogens with one attached hydrogen (secondary N) is 2. The molecule has 0 radical (unpaired) electrons. The number of aromatic nitrogens is 2. The molecule has 6 nitrogen and oxygen atoms in total. The van der Waals surface area contributed by atoms with Crippen LogP contribution < -0.4 is 16.6 Å². The normalized spacial score (nSPS) is 17.9. The average Bonchev–Trinajstić information content (AvgIpc) is 2.91. The van der Waals surface area contributed by atoms with Crippen LogP contribution in [0.2, 0.25) is 5.02 Å². The van der Waals surface area contributed by atoms with Gasteiger partial charge in [0.15, 0.2) is 0 Å². The van der Waals surface area contributed by atoms with Gasteiger partial charge in [0.25, 0.3) is 5.56 Å². The molecule has 1 amide bonds. The highest BCUT2D eigenvalue weighted by Crippen LogP contribution is 2.35. The molecule has 1 aromatic carbocycles. The van der Waals surface area contributed by atoms with E-state index in [1.54, 1.807) is 12.1 Å². The topological polar surface area (TPSA) is 84.0 Å². The number of hydrogen-bond acceptors (Lipinski definition) is 4. The smallest absolute Gasteiger partial charge is 0.329 e. The van der Waals surface area contributed by atoms with Crippen molar-refractivity contribution in [2.75, 3.05) is 6.54 Å². The number of hydrogen-bond donors (Lipinski definition) is 2. The fourth-order valence-corrected chi connectivity index (χ4v) is 4.70. The molecule has 1 aliphatic heterocycles. The van der Waals surface area contributed by atoms with Gasteiger partial charge >= 0.3 is 5.69 Å². The summed E-state index contributed by atoms with van der Waals surface area (Å²) in [5.41, 5.74) is 0.475. The number of carbonyl (C=O) groups is 1. The monoisotopic (exact) mass is 389 g/mol. The Bertz CT molecular complexity index is 1110. The van der Waals surface area contributed by atoms with E-state index >= 15 is 0 Å². The van der Waals surface area contributed by atoms with Gasteiger partial charge in [0.05, 0.1) is 11.6 Å². The molecule has 0 saturated carbocycles. The molecule has 1 atom stereocenters. The third-order valence-electron chi connectivity index (χ3n) is 4.57. The number of fused-ring (bicyclic) bond motifs is 1. The van der Waals surface area contributed by atoms with Gasteiger partial charge in [-0.15, -0.1) is 11.3 Å². The Morgan fingerprint density at radius 3 is 2.81 bits per heavy atom. The predicted molar refractivity (Wildman–Crippen MR) is 103 cm³/mol. The number of carbonyl (C=O) groups excluding carboxylic acids is 1. The number of amides is 1. The van der Waals surface area contributed by atoms with Crippen molar-refractivity contribution in [2.24, 2.45) is 0 Å². The van der Waals surface area contributed by atoms with E-state index in [1.165, 1.54) is 15.9 Å². The van der Waals surface area contributed by atoms with Crippen LogP contribution in [0, 0.1) is 0 Å². The van der Waals surface area contributed by atoms with Crippen molar-refractivity contribution in [1.82, 2.24) is 14.9 Å². The molecular weight excluding hydrogens is 374 g/mol. The maximum Gasteiger partial charge on any atom is 0.329 e. The highest BCUT2D eigenvalue weighted by molar-refractivity contribution is 7.22. The second-order valence-electron chi connectivity index (χ2n) is 6.29. The fraction of sp³-hybridized carbons (Fsp3) is 0.278. The van der Waals surface area contributed by atoms with Crippen LogP contribution in [0.3, 0.4) is 0 Å². The third-order valence-corrected chi connectivity index (χ3v) is 6.05. The van der Waals surface area contributed by atoms with E-state index in [2.05, 4.69) is 10.3 Å². The molecule has 1 fully saturated rings. The predicted octanol–water partition coefficient (Wildman–Crippen LogP) is 2.91. The fourth-order valence-electron chi connectivity index (χ4n) is 3.32. The van der Waals surface area contributed by atoms with Crippen LogP contribution >= 0.6 is 22.9 Å². The van der Waals surface area contributed by atoms with Crippen LogP contribution in [0.5, 0.6) is 0 Å². The molecule has 26 heavy (non-hydrogen) atoms. The molecular formula is C18H16ClN3O3S. The lowest BCUT2D eigenvalue weighted by atomic mass is 10.1. The van der Waals surface area contributed by atoms with Crippen molar-refractivity contribution in [3.8, 4) is 10.4 Å². The van der Waals surface area contributed by atoms with Gasteiger partial charge in [-0.3, -0.25) is 14.2 Å². The maximum absolute atomic E-state index is 13.0. The van der Waals surface area contributed by atoms with E-state index in [-0.39, 0.29) is 17.9 Å². The minimum Gasteiger partial charge on any atom is -0.356 e. The first-order chi connectivity index (χ1) is 12.5. The van der Waals surface area contributed by atoms with Crippen LogP contribution in [0.25, 0.3) is 20.7 Å². The average molecular weight is 390 g/mol. The first-order valence-electron chi connectivity index (χ1n) is 8.34. The van der Waals surface area contributed by atoms with Gasteiger partial charge in [-0.05, 0) is 25.0 Å². The van der Waals surface area contributed by atoms with E-state index in [4.69, 9.17) is 11.6 Å². The van der Waals surface area contributed by atoms with Gasteiger partial charge in [-0.2, -0.15) is 0 Å². The Kier molecular flexibility index (Phi) is 4.42. The number of thiophene rings is 1. The SMILES string of the molecule is O=C1C[C@@H](n2c(=O)[nH]c3cc(-c4ccccc4Cl)sc3c2=O)CCCN1. The summed E-state index contributed by atoms with van der Waals surface area (Å²) < 4.78 is 1.66. The summed E-state index contributed by atoms with van der Waals surface area (Å²) in [6, 6.07) is 8.71. The molecule has 0 bridgehead atoms. The highest BCUT2D eigenvalue weighted by Gasteiger charge is 2.23. The molecule has 0 aliphatic carbocycles. The number of nitrogens with zero attached hydrogens (tertiary/aromatic N) is 1. The standard InChI is InChI=1S/C18H16ClN3O3S/c19-12-6-2-1-5-11(12)14-9-13-16(26-14)17(24)22(18(25)21-13)10-4-3-7-20-15(23)8-10/h1-2,5-6,9-10H,3-4,7-8H2,(H,20,23)(H,21,25)/t10-/m0/s1. The summed E-state index contributed by atoms with van der Waals surface area (Å²) in [6.45, 7) is 0.569. The third kappa shape index (κ3) is 2.97. The maximum atomic E-state index is 13.0. The van der Waals surface area contributed by atoms with Crippen molar-refractivity contribution in [3.05, 3.63) is 56.2 Å². The van der Waals surface area contributed by atoms with E-state index in [1.807, 2.05) is 18.2 Å². The summed E-state index contributed by atoms with van der Waals surface area (Å²) in [6.07, 6.45) is 1.48. The Labute approximate surface area is 157 Å². The van der Waals surface area contributed by atoms with Gasteiger partial charge in [0.1, 0.15) is 4.70 Å². The summed E-state index contributed by atoms with van der Waals surface area (Å²) in [5, 5.41) is 3.36. The van der Waals surface area contributed by atoms with Crippen molar-refractivity contribution >= 4 is 39.1 Å². The van der Waals surface area contributed by atoms with Crippen LogP contribution in [0.4, 0.5) is 0 Å². The minimum atomic E-state index is -0.481. The van der Waals surface area contributed by atoms with Crippen LogP contribution in [-0.2, 0) is 4.79 Å². The Morgan fingerprint density at radius 1 is 1.19 bits per heavy atom. The van der Waals surface area contributed by atoms with Gasteiger partial charge < -0.3 is 10.3 Å². The molecule has 2 N–H and O–H groups in total. The molecule has 1 saturated heterocycles. The van der Waals surface area contributed by atoms with E-state index in [0.717, 1.165) is 16.9 Å². The zero-order chi connectivity index (χ0) is 18.3. The number of aromatic amines is 1. The van der Waals surface area contributed by atoms with E-state index in [0.29, 0.717) is 28.2 Å². The Balaban J connectivity index is 1.86. The molecule has 4 rings (SSSR count). The number of rotatable bonds is 2. The quantitative estimate of drug-likeness (QED) is 0.706. The first kappa shape index (κ1) is 17.1. The Hall–Kier alpha value is -2.38. The molecule has 3 aromatic rings. The lowest BCUT2D eigenvalue weighted by Gasteiger charge is -2.14. The highest BCUT2D eigenvalue weighted by atomic mass is 35.5. The molecule has 2 aromatic heterocycles. The summed E-state index contributed by atoms with van der Waals surface area (Å²) in [7, 11) is 0. The summed E-state index contributed by atoms with van der Waals surface area (Å²) >= 11 is 7.55. The van der Waals surface area contributed by atoms with Gasteiger partial charge in [-0.1, -0.05) is 29.8 Å². The lowest BCUT2D eigenvalue weighted by Crippen LogP contribution is -2.38. The van der Waals surface area contributed by atoms with Gasteiger partial charge in [0.2, 0.25) is 5.91 Å². The van der Waals surface area contributed by atoms with Crippen LogP contribution in [-0.4, -0.2) is 22.0 Å². The second-order valence-corrected chi connectivity index (χ2v) is 7.75. The Morgan fingerprint density at radius 2 is 2.00 bits per heavy atom. The number of benzene rings is 1. The number of H-pyrrole nitrogens is 1. The largest absolute Gasteiger partial charge is 0.356 e. The lowest BCUT2D eigenvalue weighted by molar-refractivity contribution is -0.121. The molecule has 134 valence electrons. The summed E-state index contributed by atoms with van der Waals surface area (Å²) in [4.78, 5) is 41.0. The second kappa shape index (κ2) is 6.74. The zero-order valence-electron chi connectivity index (χ0n) is 13.8. The molecule has 3 heterocycles. The minimum absolute atomic E-state index is 0.136. The molecule has 0 spiro atoms. The van der Waals surface area contributed by atoms with Crippen molar-refractivity contribution in [1.29, 1.82) is 0 Å². The summed E-state index contributed by atoms with van der Waals surface area (Å²) in [5.74, 6) is -0.137. The van der Waals surface area contributed by atoms with Gasteiger partial charge in [0, 0.05) is 28.4 Å². The molecule has 1 aliphatic rings. The van der Waals surface area contributed by atoms with Crippen LogP contribution in [0.1, 0.15) is 25.3 Å². The van der Waals surface area contributed by atoms with Crippen molar-refractivity contribution in [3.63, 3.8) is 0 Å². The first-order valence-corrected chi connectivity index (χ1v) is 9.54. The number of halogens is 1. The van der Waals surface area contributed by atoms with E-state index < -0.39 is 11.7 Å². The molecule has 8 heteroatoms. The zero-order valence-corrected chi connectivity index (χ0v) is 15.3. The van der Waals surface area contributed by atoms with E-state index in [9.17, 15) is 14.4 Å². The van der Waals surface area contributed by atoms with Crippen molar-refractivity contribution in [2.45, 2.75) is 25.3 Å². The van der Waals surface area contributed by atoms with Crippen molar-refractivity contribution < 1.29 is 4.79 Å².